The summed E-state index contributed by atoms with van der Waals surface area (Å²) in [5.74, 6) is 1.53. The standard InChI is InChI=1S/C14H9BCl2/c15-9-12(10-5-1-3-7-13(10)16)11-6-2-4-8-14(11)17/h1-9H. The van der Waals surface area contributed by atoms with Gasteiger partial charge < -0.3 is 0 Å². The number of rotatable bonds is 2. The van der Waals surface area contributed by atoms with Gasteiger partial charge in [-0.3, -0.25) is 0 Å². The first kappa shape index (κ1) is 12.3. The average Bonchev–Trinajstić information content (AvgIpc) is 2.34. The summed E-state index contributed by atoms with van der Waals surface area (Å²) in [4.78, 5) is 0. The molecule has 0 aliphatic carbocycles. The van der Waals surface area contributed by atoms with Crippen LogP contribution in [0.1, 0.15) is 11.1 Å². The summed E-state index contributed by atoms with van der Waals surface area (Å²) in [7, 11) is 5.70. The number of hydrogen-bond donors (Lipinski definition) is 0. The van der Waals surface area contributed by atoms with Crippen LogP contribution in [0.15, 0.2) is 54.5 Å². The van der Waals surface area contributed by atoms with Crippen molar-refractivity contribution in [2.24, 2.45) is 0 Å². The van der Waals surface area contributed by atoms with Gasteiger partial charge in [0.05, 0.1) is 0 Å². The van der Waals surface area contributed by atoms with Crippen LogP contribution in [0.4, 0.5) is 0 Å². The van der Waals surface area contributed by atoms with E-state index in [4.69, 9.17) is 31.0 Å². The molecule has 0 spiro atoms. The Morgan fingerprint density at radius 3 is 1.59 bits per heavy atom. The van der Waals surface area contributed by atoms with E-state index in [-0.39, 0.29) is 0 Å². The molecule has 17 heavy (non-hydrogen) atoms. The molecule has 0 atom stereocenters. The molecule has 0 bridgehead atoms. The fourth-order valence-corrected chi connectivity index (χ4v) is 2.16. The Hall–Kier alpha value is -1.18. The lowest BCUT2D eigenvalue weighted by molar-refractivity contribution is 1.55. The van der Waals surface area contributed by atoms with E-state index in [1.165, 1.54) is 5.98 Å². The molecule has 0 aliphatic heterocycles. The van der Waals surface area contributed by atoms with Crippen LogP contribution in [0.2, 0.25) is 10.0 Å². The summed E-state index contributed by atoms with van der Waals surface area (Å²) in [5, 5.41) is 1.31. The maximum absolute atomic E-state index is 6.16. The Morgan fingerprint density at radius 1 is 0.824 bits per heavy atom. The molecule has 2 rings (SSSR count). The maximum Gasteiger partial charge on any atom is 0.103 e. The van der Waals surface area contributed by atoms with Gasteiger partial charge in [0.1, 0.15) is 7.85 Å². The Bertz CT molecular complexity index is 514. The molecule has 0 saturated carbocycles. The number of benzene rings is 2. The lowest BCUT2D eigenvalue weighted by atomic mass is 9.92. The Morgan fingerprint density at radius 2 is 1.24 bits per heavy atom. The van der Waals surface area contributed by atoms with Gasteiger partial charge in [-0.2, -0.15) is 0 Å². The second-order valence-corrected chi connectivity index (χ2v) is 4.35. The van der Waals surface area contributed by atoms with Crippen molar-refractivity contribution in [2.75, 3.05) is 0 Å². The van der Waals surface area contributed by atoms with Gasteiger partial charge in [-0.25, -0.2) is 0 Å². The van der Waals surface area contributed by atoms with E-state index in [2.05, 4.69) is 0 Å². The second-order valence-electron chi connectivity index (χ2n) is 3.54. The minimum Gasteiger partial charge on any atom is -0.123 e. The van der Waals surface area contributed by atoms with E-state index in [1.807, 2.05) is 48.5 Å². The number of halogens is 2. The topological polar surface area (TPSA) is 0 Å². The summed E-state index contributed by atoms with van der Waals surface area (Å²) >= 11 is 12.3. The molecule has 0 heterocycles. The van der Waals surface area contributed by atoms with Gasteiger partial charge in [0.25, 0.3) is 0 Å². The van der Waals surface area contributed by atoms with Gasteiger partial charge >= 0.3 is 0 Å². The third-order valence-electron chi connectivity index (χ3n) is 2.49. The van der Waals surface area contributed by atoms with Crippen LogP contribution < -0.4 is 0 Å². The van der Waals surface area contributed by atoms with Crippen molar-refractivity contribution in [2.45, 2.75) is 0 Å². The van der Waals surface area contributed by atoms with Gasteiger partial charge in [-0.15, -0.1) is 5.98 Å². The minimum atomic E-state index is 0.657. The molecule has 0 unspecified atom stereocenters. The molecule has 2 radical (unpaired) electrons. The van der Waals surface area contributed by atoms with E-state index in [9.17, 15) is 0 Å². The smallest absolute Gasteiger partial charge is 0.103 e. The van der Waals surface area contributed by atoms with Crippen LogP contribution in [0.5, 0.6) is 0 Å². The van der Waals surface area contributed by atoms with Crippen LogP contribution >= 0.6 is 23.2 Å². The number of hydrogen-bond acceptors (Lipinski definition) is 0. The third-order valence-corrected chi connectivity index (χ3v) is 3.15. The minimum absolute atomic E-state index is 0.657. The van der Waals surface area contributed by atoms with Gasteiger partial charge in [0, 0.05) is 10.0 Å². The molecule has 2 aromatic carbocycles. The first-order valence-corrected chi connectivity index (χ1v) is 5.91. The lowest BCUT2D eigenvalue weighted by Gasteiger charge is -2.11. The van der Waals surface area contributed by atoms with Crippen LogP contribution in [0.25, 0.3) is 5.57 Å². The molecular formula is C14H9BCl2. The molecule has 0 aliphatic rings. The van der Waals surface area contributed by atoms with Crippen molar-refractivity contribution in [1.29, 1.82) is 0 Å². The van der Waals surface area contributed by atoms with Crippen molar-refractivity contribution >= 4 is 36.6 Å². The summed E-state index contributed by atoms with van der Waals surface area (Å²) in [6.45, 7) is 0. The second kappa shape index (κ2) is 5.44. The fourth-order valence-electron chi connectivity index (χ4n) is 1.68. The highest BCUT2D eigenvalue weighted by Gasteiger charge is 2.09. The zero-order chi connectivity index (χ0) is 12.3. The summed E-state index contributed by atoms with van der Waals surface area (Å²) in [6, 6.07) is 15.1. The molecular weight excluding hydrogens is 250 g/mol. The van der Waals surface area contributed by atoms with Crippen molar-refractivity contribution in [3.05, 3.63) is 75.7 Å². The Balaban J connectivity index is 2.57. The molecule has 0 nitrogen and oxygen atoms in total. The van der Waals surface area contributed by atoms with Gasteiger partial charge in [0.2, 0.25) is 0 Å². The monoisotopic (exact) mass is 258 g/mol. The van der Waals surface area contributed by atoms with Crippen LogP contribution in [-0.4, -0.2) is 7.85 Å². The summed E-state index contributed by atoms with van der Waals surface area (Å²) < 4.78 is 0. The third kappa shape index (κ3) is 2.57. The van der Waals surface area contributed by atoms with Crippen molar-refractivity contribution in [3.63, 3.8) is 0 Å². The predicted octanol–water partition coefficient (Wildman–Crippen LogP) is 4.55. The van der Waals surface area contributed by atoms with Gasteiger partial charge in [-0.1, -0.05) is 59.6 Å². The summed E-state index contributed by atoms with van der Waals surface area (Å²) in [6.07, 6.45) is 0. The highest BCUT2D eigenvalue weighted by molar-refractivity contribution is 6.35. The maximum atomic E-state index is 6.16. The predicted molar refractivity (Wildman–Crippen MR) is 75.7 cm³/mol. The van der Waals surface area contributed by atoms with Crippen LogP contribution in [0, 0.1) is 0 Å². The van der Waals surface area contributed by atoms with Crippen LogP contribution in [0.3, 0.4) is 0 Å². The van der Waals surface area contributed by atoms with Gasteiger partial charge in [-0.05, 0) is 28.8 Å². The average molecular weight is 259 g/mol. The quantitative estimate of drug-likeness (QED) is 0.694. The Kier molecular flexibility index (Phi) is 3.93. The highest BCUT2D eigenvalue weighted by atomic mass is 35.5. The van der Waals surface area contributed by atoms with Gasteiger partial charge in [0.15, 0.2) is 0 Å². The fraction of sp³-hybridized carbons (Fsp3) is 0. The molecule has 0 aromatic heterocycles. The van der Waals surface area contributed by atoms with E-state index in [0.717, 1.165) is 16.7 Å². The first-order chi connectivity index (χ1) is 8.24. The summed E-state index contributed by atoms with van der Waals surface area (Å²) in [5.41, 5.74) is 2.59. The molecule has 0 N–H and O–H groups in total. The SMILES string of the molecule is [B]C=C(c1ccccc1Cl)c1ccccc1Cl. The molecule has 0 fully saturated rings. The molecule has 0 saturated heterocycles. The van der Waals surface area contributed by atoms with Crippen LogP contribution in [-0.2, 0) is 0 Å². The Labute approximate surface area is 112 Å². The van der Waals surface area contributed by atoms with Crippen molar-refractivity contribution in [3.8, 4) is 0 Å². The highest BCUT2D eigenvalue weighted by Crippen LogP contribution is 2.32. The van der Waals surface area contributed by atoms with E-state index in [0.29, 0.717) is 10.0 Å². The molecule has 2 aromatic rings. The zero-order valence-corrected chi connectivity index (χ0v) is 10.5. The molecule has 3 heteroatoms. The first-order valence-electron chi connectivity index (χ1n) is 5.15. The molecule has 0 amide bonds. The van der Waals surface area contributed by atoms with E-state index < -0.39 is 0 Å². The largest absolute Gasteiger partial charge is 0.123 e. The van der Waals surface area contributed by atoms with Crippen molar-refractivity contribution in [1.82, 2.24) is 0 Å². The van der Waals surface area contributed by atoms with Crippen molar-refractivity contribution < 1.29 is 0 Å². The molecule has 82 valence electrons. The van der Waals surface area contributed by atoms with E-state index >= 15 is 0 Å². The van der Waals surface area contributed by atoms with E-state index in [1.54, 1.807) is 0 Å². The lowest BCUT2D eigenvalue weighted by Crippen LogP contribution is -1.90. The zero-order valence-electron chi connectivity index (χ0n) is 9.03. The normalized spacial score (nSPS) is 10.0.